The van der Waals surface area contributed by atoms with E-state index in [9.17, 15) is 4.79 Å². The monoisotopic (exact) mass is 306 g/mol. The van der Waals surface area contributed by atoms with Crippen LogP contribution in [0.2, 0.25) is 0 Å². The highest BCUT2D eigenvalue weighted by atomic mass is 32.1. The number of benzene rings is 1. The number of aryl methyl sites for hydroxylation is 1. The van der Waals surface area contributed by atoms with Crippen molar-refractivity contribution >= 4 is 17.7 Å². The normalized spacial score (nSPS) is 10.8. The summed E-state index contributed by atoms with van der Waals surface area (Å²) in [5.74, 6) is 0. The molecule has 0 bridgehead atoms. The Morgan fingerprint density at radius 1 is 0.810 bits per heavy atom. The van der Waals surface area contributed by atoms with E-state index in [4.69, 9.17) is 0 Å². The van der Waals surface area contributed by atoms with Gasteiger partial charge in [0.25, 0.3) is 0 Å². The average molecular weight is 307 g/mol. The molecule has 1 aromatic rings. The first-order chi connectivity index (χ1) is 10.2. The van der Waals surface area contributed by atoms with Crippen LogP contribution in [-0.2, 0) is 6.42 Å². The Balaban J connectivity index is 1.98. The van der Waals surface area contributed by atoms with Gasteiger partial charge in [-0.2, -0.15) is 0 Å². The molecule has 0 amide bonds. The van der Waals surface area contributed by atoms with E-state index in [-0.39, 0.29) is 5.12 Å². The molecule has 0 aliphatic carbocycles. The molecule has 0 atom stereocenters. The molecule has 0 radical (unpaired) electrons. The molecule has 0 saturated heterocycles. The highest BCUT2D eigenvalue weighted by Crippen LogP contribution is 2.13. The maximum Gasteiger partial charge on any atom is 0.216 e. The Bertz CT molecular complexity index is 383. The lowest BCUT2D eigenvalue weighted by atomic mass is 10.0. The molecule has 1 nitrogen and oxygen atoms in total. The third-order valence-electron chi connectivity index (χ3n) is 4.02. The fourth-order valence-electron chi connectivity index (χ4n) is 2.63. The minimum atomic E-state index is -0.152. The van der Waals surface area contributed by atoms with Gasteiger partial charge in [0, 0.05) is 5.56 Å². The number of rotatable bonds is 12. The standard InChI is InChI=1S/C19H30OS/c1-2-3-4-5-6-7-8-9-10-11-12-17-13-15-18(16-14-17)19(20)21/h13-16H,2-12H2,1H3,(H,20,21). The maximum absolute atomic E-state index is 11.1. The molecule has 118 valence electrons. The Morgan fingerprint density at radius 3 is 1.76 bits per heavy atom. The van der Waals surface area contributed by atoms with Gasteiger partial charge in [-0.3, -0.25) is 4.79 Å². The van der Waals surface area contributed by atoms with E-state index in [1.165, 1.54) is 69.8 Å². The molecule has 0 aromatic heterocycles. The highest BCUT2D eigenvalue weighted by molar-refractivity contribution is 7.97. The van der Waals surface area contributed by atoms with Gasteiger partial charge >= 0.3 is 0 Å². The molecule has 0 fully saturated rings. The van der Waals surface area contributed by atoms with E-state index >= 15 is 0 Å². The van der Waals surface area contributed by atoms with Crippen LogP contribution < -0.4 is 0 Å². The van der Waals surface area contributed by atoms with Gasteiger partial charge in [-0.25, -0.2) is 0 Å². The molecule has 0 aliphatic heterocycles. The van der Waals surface area contributed by atoms with Crippen LogP contribution in [0.3, 0.4) is 0 Å². The lowest BCUT2D eigenvalue weighted by molar-refractivity contribution is 0.109. The Morgan fingerprint density at radius 2 is 1.29 bits per heavy atom. The smallest absolute Gasteiger partial charge is 0.216 e. The van der Waals surface area contributed by atoms with E-state index in [0.717, 1.165) is 6.42 Å². The molecule has 0 unspecified atom stereocenters. The van der Waals surface area contributed by atoms with Gasteiger partial charge in [0.05, 0.1) is 0 Å². The SMILES string of the molecule is CCCCCCCCCCCCc1ccc(C(=O)S)cc1. The molecule has 1 aromatic carbocycles. The van der Waals surface area contributed by atoms with Crippen LogP contribution in [-0.4, -0.2) is 5.12 Å². The molecule has 0 saturated carbocycles. The molecule has 0 N–H and O–H groups in total. The third kappa shape index (κ3) is 8.98. The molecule has 0 heterocycles. The second-order valence-corrected chi connectivity index (χ2v) is 6.34. The summed E-state index contributed by atoms with van der Waals surface area (Å²) < 4.78 is 0. The number of unbranched alkanes of at least 4 members (excludes halogenated alkanes) is 9. The van der Waals surface area contributed by atoms with Crippen LogP contribution in [0, 0.1) is 0 Å². The molecule has 2 heteroatoms. The van der Waals surface area contributed by atoms with Gasteiger partial charge in [-0.1, -0.05) is 89.0 Å². The maximum atomic E-state index is 11.1. The predicted octanol–water partition coefficient (Wildman–Crippen LogP) is 6.22. The van der Waals surface area contributed by atoms with E-state index < -0.39 is 0 Å². The molecular formula is C19H30OS. The number of hydrogen-bond acceptors (Lipinski definition) is 1. The summed E-state index contributed by atoms with van der Waals surface area (Å²) in [6, 6.07) is 7.86. The molecule has 0 spiro atoms. The van der Waals surface area contributed by atoms with Crippen LogP contribution in [0.15, 0.2) is 24.3 Å². The topological polar surface area (TPSA) is 17.1 Å². The summed E-state index contributed by atoms with van der Waals surface area (Å²) in [4.78, 5) is 11.1. The first-order valence-electron chi connectivity index (χ1n) is 8.56. The second kappa shape index (κ2) is 11.9. The van der Waals surface area contributed by atoms with Crippen LogP contribution >= 0.6 is 12.6 Å². The Kier molecular flexibility index (Phi) is 10.3. The quantitative estimate of drug-likeness (QED) is 0.358. The zero-order valence-corrected chi connectivity index (χ0v) is 14.3. The lowest BCUT2D eigenvalue weighted by Gasteiger charge is -2.04. The van der Waals surface area contributed by atoms with Crippen molar-refractivity contribution in [3.8, 4) is 0 Å². The molecule has 1 rings (SSSR count). The van der Waals surface area contributed by atoms with Gasteiger partial charge in [-0.15, -0.1) is 12.6 Å². The van der Waals surface area contributed by atoms with Gasteiger partial charge in [0.1, 0.15) is 0 Å². The minimum absolute atomic E-state index is 0.152. The van der Waals surface area contributed by atoms with Crippen molar-refractivity contribution in [2.24, 2.45) is 0 Å². The van der Waals surface area contributed by atoms with Gasteiger partial charge in [0.15, 0.2) is 0 Å². The highest BCUT2D eigenvalue weighted by Gasteiger charge is 2.00. The van der Waals surface area contributed by atoms with E-state index in [1.54, 1.807) is 0 Å². The van der Waals surface area contributed by atoms with Gasteiger partial charge in [0.2, 0.25) is 5.12 Å². The second-order valence-electron chi connectivity index (χ2n) is 5.93. The third-order valence-corrected chi connectivity index (χ3v) is 4.28. The molecule has 0 aliphatic rings. The number of carbonyl (C=O) groups excluding carboxylic acids is 1. The van der Waals surface area contributed by atoms with Crippen molar-refractivity contribution in [1.29, 1.82) is 0 Å². The number of hydrogen-bond donors (Lipinski definition) is 1. The average Bonchev–Trinajstić information content (AvgIpc) is 2.49. The Labute approximate surface area is 135 Å². The Hall–Kier alpha value is -0.760. The van der Waals surface area contributed by atoms with Crippen LogP contribution in [0.25, 0.3) is 0 Å². The van der Waals surface area contributed by atoms with Crippen molar-refractivity contribution in [2.75, 3.05) is 0 Å². The van der Waals surface area contributed by atoms with E-state index in [0.29, 0.717) is 5.56 Å². The van der Waals surface area contributed by atoms with Gasteiger partial charge < -0.3 is 0 Å². The fourth-order valence-corrected chi connectivity index (χ4v) is 2.78. The van der Waals surface area contributed by atoms with Crippen LogP contribution in [0.4, 0.5) is 0 Å². The summed E-state index contributed by atoms with van der Waals surface area (Å²) in [6.45, 7) is 2.27. The zero-order chi connectivity index (χ0) is 15.3. The predicted molar refractivity (Wildman–Crippen MR) is 95.3 cm³/mol. The fraction of sp³-hybridized carbons (Fsp3) is 0.632. The van der Waals surface area contributed by atoms with Crippen molar-refractivity contribution in [2.45, 2.75) is 77.6 Å². The molecule has 21 heavy (non-hydrogen) atoms. The first-order valence-corrected chi connectivity index (χ1v) is 9.01. The van der Waals surface area contributed by atoms with Crippen molar-refractivity contribution in [3.63, 3.8) is 0 Å². The van der Waals surface area contributed by atoms with E-state index in [2.05, 4.69) is 31.7 Å². The van der Waals surface area contributed by atoms with Crippen LogP contribution in [0.1, 0.15) is 87.1 Å². The van der Waals surface area contributed by atoms with Crippen molar-refractivity contribution < 1.29 is 4.79 Å². The first kappa shape index (κ1) is 18.3. The number of thiol groups is 1. The van der Waals surface area contributed by atoms with Crippen molar-refractivity contribution in [1.82, 2.24) is 0 Å². The molecular weight excluding hydrogens is 276 g/mol. The summed E-state index contributed by atoms with van der Waals surface area (Å²) in [7, 11) is 0. The minimum Gasteiger partial charge on any atom is -0.282 e. The summed E-state index contributed by atoms with van der Waals surface area (Å²) in [5, 5.41) is -0.152. The largest absolute Gasteiger partial charge is 0.282 e. The van der Waals surface area contributed by atoms with Crippen molar-refractivity contribution in [3.05, 3.63) is 35.4 Å². The summed E-state index contributed by atoms with van der Waals surface area (Å²) in [6.07, 6.45) is 14.8. The van der Waals surface area contributed by atoms with E-state index in [1.807, 2.05) is 12.1 Å². The summed E-state index contributed by atoms with van der Waals surface area (Å²) >= 11 is 3.83. The number of carbonyl (C=O) groups is 1. The zero-order valence-electron chi connectivity index (χ0n) is 13.4. The summed E-state index contributed by atoms with van der Waals surface area (Å²) in [5.41, 5.74) is 2.01. The van der Waals surface area contributed by atoms with Crippen LogP contribution in [0.5, 0.6) is 0 Å². The lowest BCUT2D eigenvalue weighted by Crippen LogP contribution is -1.91. The van der Waals surface area contributed by atoms with Gasteiger partial charge in [-0.05, 0) is 18.4 Å².